The van der Waals surface area contributed by atoms with Gasteiger partial charge in [-0.15, -0.1) is 0 Å². The van der Waals surface area contributed by atoms with Gasteiger partial charge in [-0.2, -0.15) is 0 Å². The predicted octanol–water partition coefficient (Wildman–Crippen LogP) is 8.72. The van der Waals surface area contributed by atoms with E-state index in [4.69, 9.17) is 0 Å². The molecule has 0 heterocycles. The van der Waals surface area contributed by atoms with Crippen molar-refractivity contribution in [2.75, 3.05) is 10.6 Å². The zero-order valence-corrected chi connectivity index (χ0v) is 24.1. The highest BCUT2D eigenvalue weighted by Crippen LogP contribution is 2.60. The minimum atomic E-state index is -0.164. The Kier molecular flexibility index (Phi) is 7.04. The fourth-order valence-corrected chi connectivity index (χ4v) is 11.0. The average molecular weight is 559 g/mol. The second-order valence-corrected chi connectivity index (χ2v) is 15.2. The van der Waals surface area contributed by atoms with E-state index in [-0.39, 0.29) is 17.2 Å². The van der Waals surface area contributed by atoms with Gasteiger partial charge in [-0.25, -0.2) is 0 Å². The molecule has 6 bridgehead atoms. The van der Waals surface area contributed by atoms with Gasteiger partial charge in [-0.05, 0) is 112 Å². The Bertz CT molecular complexity index is 1270. The molecule has 39 heavy (non-hydrogen) atoms. The number of allylic oxidation sites excluding steroid dienone is 1. The number of amides is 2. The zero-order chi connectivity index (χ0) is 26.4. The van der Waals surface area contributed by atoms with Crippen LogP contribution in [0.4, 0.5) is 11.4 Å². The number of para-hydroxylation sites is 2. The van der Waals surface area contributed by atoms with E-state index in [1.54, 1.807) is 21.6 Å². The highest BCUT2D eigenvalue weighted by Gasteiger charge is 2.54. The number of anilines is 2. The molecule has 2 unspecified atom stereocenters. The number of carbonyl (C=O) groups excluding carboxylic acids is 2. The molecule has 8 rings (SSSR count). The highest BCUT2D eigenvalue weighted by atomic mass is 33.1. The lowest BCUT2D eigenvalue weighted by Crippen LogP contribution is -2.51. The lowest BCUT2D eigenvalue weighted by Gasteiger charge is -2.55. The number of nitrogens with one attached hydrogen (secondary N) is 2. The minimum Gasteiger partial charge on any atom is -0.325 e. The third-order valence-electron chi connectivity index (χ3n) is 10.1. The Morgan fingerprint density at radius 2 is 1.31 bits per heavy atom. The molecule has 2 aromatic rings. The van der Waals surface area contributed by atoms with E-state index in [2.05, 4.69) is 28.8 Å². The summed E-state index contributed by atoms with van der Waals surface area (Å²) in [5, 5.41) is 6.58. The van der Waals surface area contributed by atoms with Gasteiger partial charge in [0.1, 0.15) is 0 Å². The number of hydrogen-bond donors (Lipinski definition) is 2. The van der Waals surface area contributed by atoms with Gasteiger partial charge in [0.2, 0.25) is 5.91 Å². The molecule has 2 amide bonds. The number of rotatable bonds is 7. The summed E-state index contributed by atoms with van der Waals surface area (Å²) in [5.74, 6) is 3.77. The predicted molar refractivity (Wildman–Crippen MR) is 161 cm³/mol. The molecule has 5 fully saturated rings. The second kappa shape index (κ2) is 10.7. The van der Waals surface area contributed by atoms with Crippen molar-refractivity contribution in [3.8, 4) is 0 Å². The first-order chi connectivity index (χ1) is 19.0. The third kappa shape index (κ3) is 5.31. The lowest BCUT2D eigenvalue weighted by molar-refractivity contribution is -0.140. The standard InChI is InChI=1S/C33H38N2O2S2/c36-31(26-16-21-6-5-7-22(12-21)17-26)34-27-8-1-3-10-29(27)38-39-30-11-4-2-9-28(30)35-32(37)33-18-23-13-24(19-33)15-25(14-23)20-33/h1-4,8-11,16,21-25H,5-7,12-15,17-20H2,(H,34,36)(H,35,37). The van der Waals surface area contributed by atoms with Gasteiger partial charge >= 0.3 is 0 Å². The van der Waals surface area contributed by atoms with Gasteiger partial charge in [0.15, 0.2) is 0 Å². The van der Waals surface area contributed by atoms with Gasteiger partial charge < -0.3 is 10.6 Å². The van der Waals surface area contributed by atoms with Crippen molar-refractivity contribution in [2.45, 2.75) is 80.4 Å². The van der Waals surface area contributed by atoms with Crippen molar-refractivity contribution in [2.24, 2.45) is 35.0 Å². The zero-order valence-electron chi connectivity index (χ0n) is 22.5. The quantitative estimate of drug-likeness (QED) is 0.334. The summed E-state index contributed by atoms with van der Waals surface area (Å²) in [5.41, 5.74) is 2.55. The van der Waals surface area contributed by atoms with Crippen molar-refractivity contribution in [1.29, 1.82) is 0 Å². The van der Waals surface area contributed by atoms with Crippen LogP contribution in [0.15, 0.2) is 70.0 Å². The van der Waals surface area contributed by atoms with Crippen molar-refractivity contribution < 1.29 is 9.59 Å². The van der Waals surface area contributed by atoms with Crippen LogP contribution >= 0.6 is 21.6 Å². The maximum absolute atomic E-state index is 13.7. The summed E-state index contributed by atoms with van der Waals surface area (Å²) in [4.78, 5) is 29.0. The van der Waals surface area contributed by atoms with E-state index in [0.29, 0.717) is 11.8 Å². The van der Waals surface area contributed by atoms with Crippen LogP contribution in [0.1, 0.15) is 70.6 Å². The summed E-state index contributed by atoms with van der Waals surface area (Å²) in [6.07, 6.45) is 15.4. The summed E-state index contributed by atoms with van der Waals surface area (Å²) in [7, 11) is 3.28. The van der Waals surface area contributed by atoms with Crippen LogP contribution in [0.2, 0.25) is 0 Å². The lowest BCUT2D eigenvalue weighted by atomic mass is 9.49. The Morgan fingerprint density at radius 1 is 0.718 bits per heavy atom. The smallest absolute Gasteiger partial charge is 0.251 e. The highest BCUT2D eigenvalue weighted by molar-refractivity contribution is 8.76. The third-order valence-corrected chi connectivity index (χ3v) is 12.6. The molecular formula is C33H38N2O2S2. The van der Waals surface area contributed by atoms with Crippen molar-refractivity contribution in [3.63, 3.8) is 0 Å². The summed E-state index contributed by atoms with van der Waals surface area (Å²) in [6, 6.07) is 16.2. The van der Waals surface area contributed by atoms with E-state index in [1.165, 1.54) is 44.9 Å². The molecule has 0 aliphatic heterocycles. The fourth-order valence-electron chi connectivity index (χ4n) is 8.72. The Balaban J connectivity index is 1.03. The van der Waals surface area contributed by atoms with Crippen LogP contribution in [0, 0.1) is 35.0 Å². The maximum Gasteiger partial charge on any atom is 0.251 e. The van der Waals surface area contributed by atoms with Crippen LogP contribution in [0.5, 0.6) is 0 Å². The molecule has 2 aromatic carbocycles. The van der Waals surface area contributed by atoms with Gasteiger partial charge in [-0.3, -0.25) is 9.59 Å². The summed E-state index contributed by atoms with van der Waals surface area (Å²) < 4.78 is 0. The average Bonchev–Trinajstić information content (AvgIpc) is 2.92. The van der Waals surface area contributed by atoms with Crippen LogP contribution in [-0.4, -0.2) is 11.8 Å². The molecule has 0 aromatic heterocycles. The summed E-state index contributed by atoms with van der Waals surface area (Å²) >= 11 is 0. The molecule has 2 N–H and O–H groups in total. The van der Waals surface area contributed by atoms with Crippen molar-refractivity contribution in [3.05, 3.63) is 60.2 Å². The molecule has 4 nitrogen and oxygen atoms in total. The topological polar surface area (TPSA) is 58.2 Å². The molecule has 5 saturated carbocycles. The van der Waals surface area contributed by atoms with E-state index < -0.39 is 0 Å². The van der Waals surface area contributed by atoms with E-state index in [0.717, 1.165) is 70.2 Å². The van der Waals surface area contributed by atoms with Gasteiger partial charge in [0.05, 0.1) is 16.8 Å². The largest absolute Gasteiger partial charge is 0.325 e. The minimum absolute atomic E-state index is 0.0490. The molecule has 6 heteroatoms. The monoisotopic (exact) mass is 558 g/mol. The molecule has 0 spiro atoms. The second-order valence-electron chi connectivity index (χ2n) is 13.0. The van der Waals surface area contributed by atoms with Gasteiger partial charge in [0.25, 0.3) is 5.91 Å². The fraction of sp³-hybridized carbons (Fsp3) is 0.515. The molecule has 0 saturated heterocycles. The summed E-state index contributed by atoms with van der Waals surface area (Å²) in [6.45, 7) is 0. The molecule has 6 aliphatic carbocycles. The number of hydrogen-bond acceptors (Lipinski definition) is 4. The van der Waals surface area contributed by atoms with Crippen LogP contribution in [0.25, 0.3) is 0 Å². The Labute approximate surface area is 240 Å². The molecule has 2 atom stereocenters. The number of fused-ring (bicyclic) bond motifs is 2. The normalized spacial score (nSPS) is 32.4. The van der Waals surface area contributed by atoms with E-state index in [1.807, 2.05) is 36.4 Å². The Morgan fingerprint density at radius 3 is 1.92 bits per heavy atom. The van der Waals surface area contributed by atoms with Gasteiger partial charge in [0, 0.05) is 15.4 Å². The number of benzene rings is 2. The van der Waals surface area contributed by atoms with Gasteiger partial charge in [-0.1, -0.05) is 64.8 Å². The van der Waals surface area contributed by atoms with Crippen LogP contribution < -0.4 is 10.6 Å². The first kappa shape index (κ1) is 25.8. The van der Waals surface area contributed by atoms with Crippen LogP contribution in [0.3, 0.4) is 0 Å². The SMILES string of the molecule is O=C(Nc1ccccc1SSc1ccccc1NC(=O)C12CC3CC(CC(C3)C1)C2)C1=CC2CCCC(C1)C2. The number of carbonyl (C=O) groups is 2. The van der Waals surface area contributed by atoms with Crippen molar-refractivity contribution in [1.82, 2.24) is 0 Å². The first-order valence-electron chi connectivity index (χ1n) is 14.9. The van der Waals surface area contributed by atoms with Crippen LogP contribution in [-0.2, 0) is 9.59 Å². The Hall–Kier alpha value is -2.18. The maximum atomic E-state index is 13.7. The molecular weight excluding hydrogens is 521 g/mol. The van der Waals surface area contributed by atoms with Crippen molar-refractivity contribution >= 4 is 44.8 Å². The first-order valence-corrected chi connectivity index (χ1v) is 17.0. The van der Waals surface area contributed by atoms with E-state index >= 15 is 0 Å². The van der Waals surface area contributed by atoms with E-state index in [9.17, 15) is 9.59 Å². The molecule has 6 aliphatic rings. The molecule has 204 valence electrons. The molecule has 0 radical (unpaired) electrons.